The van der Waals surface area contributed by atoms with E-state index in [1.165, 1.54) is 10.4 Å². The summed E-state index contributed by atoms with van der Waals surface area (Å²) < 4.78 is 0. The van der Waals surface area contributed by atoms with Gasteiger partial charge in [0.15, 0.2) is 0 Å². The van der Waals surface area contributed by atoms with Crippen molar-refractivity contribution < 1.29 is 0 Å². The molecule has 3 heteroatoms. The Balaban J connectivity index is 2.06. The highest BCUT2D eigenvalue weighted by atomic mass is 79.9. The van der Waals surface area contributed by atoms with Gasteiger partial charge in [0.25, 0.3) is 0 Å². The van der Waals surface area contributed by atoms with Gasteiger partial charge in [0.05, 0.1) is 4.83 Å². The Bertz CT molecular complexity index is 408. The topological polar surface area (TPSA) is 12.9 Å². The summed E-state index contributed by atoms with van der Waals surface area (Å²) in [5.74, 6) is 0. The van der Waals surface area contributed by atoms with E-state index in [2.05, 4.69) is 57.5 Å². The number of rotatable bonds is 3. The SMILES string of the molecule is Cc1ccc(CC(Br)c2cccs2)nc1. The lowest BCUT2D eigenvalue weighted by atomic mass is 10.2. The van der Waals surface area contributed by atoms with E-state index in [0.717, 1.165) is 12.1 Å². The molecule has 78 valence electrons. The number of halogens is 1. The quantitative estimate of drug-likeness (QED) is 0.771. The van der Waals surface area contributed by atoms with Gasteiger partial charge in [0, 0.05) is 23.2 Å². The molecule has 0 aliphatic heterocycles. The van der Waals surface area contributed by atoms with Crippen LogP contribution in [0.3, 0.4) is 0 Å². The summed E-state index contributed by atoms with van der Waals surface area (Å²) in [6.45, 7) is 2.06. The largest absolute Gasteiger partial charge is 0.261 e. The van der Waals surface area contributed by atoms with E-state index in [1.54, 1.807) is 11.3 Å². The van der Waals surface area contributed by atoms with E-state index >= 15 is 0 Å². The number of hydrogen-bond acceptors (Lipinski definition) is 2. The Labute approximate surface area is 102 Å². The molecule has 1 atom stereocenters. The minimum absolute atomic E-state index is 0.382. The molecule has 0 saturated heterocycles. The Morgan fingerprint density at radius 3 is 2.87 bits per heavy atom. The number of nitrogens with zero attached hydrogens (tertiary/aromatic N) is 1. The lowest BCUT2D eigenvalue weighted by Gasteiger charge is -2.06. The van der Waals surface area contributed by atoms with Gasteiger partial charge in [0.2, 0.25) is 0 Å². The van der Waals surface area contributed by atoms with E-state index in [0.29, 0.717) is 4.83 Å². The van der Waals surface area contributed by atoms with Crippen molar-refractivity contribution in [2.45, 2.75) is 18.2 Å². The number of aryl methyl sites for hydroxylation is 1. The Morgan fingerprint density at radius 1 is 1.40 bits per heavy atom. The lowest BCUT2D eigenvalue weighted by Crippen LogP contribution is -1.95. The zero-order valence-corrected chi connectivity index (χ0v) is 10.9. The molecule has 2 aromatic rings. The van der Waals surface area contributed by atoms with Crippen LogP contribution < -0.4 is 0 Å². The summed E-state index contributed by atoms with van der Waals surface area (Å²) in [4.78, 5) is 6.14. The molecule has 0 radical (unpaired) electrons. The Hall–Kier alpha value is -0.670. The van der Waals surface area contributed by atoms with E-state index in [9.17, 15) is 0 Å². The second-order valence-corrected chi connectivity index (χ2v) is 5.60. The second-order valence-electron chi connectivity index (χ2n) is 3.51. The van der Waals surface area contributed by atoms with Gasteiger partial charge >= 0.3 is 0 Å². The summed E-state index contributed by atoms with van der Waals surface area (Å²) in [6, 6.07) is 8.43. The first-order valence-corrected chi connectivity index (χ1v) is 6.64. The fraction of sp³-hybridized carbons (Fsp3) is 0.250. The smallest absolute Gasteiger partial charge is 0.0544 e. The summed E-state index contributed by atoms with van der Waals surface area (Å²) in [5.41, 5.74) is 2.34. The number of pyridine rings is 1. The van der Waals surface area contributed by atoms with Crippen LogP contribution in [0.25, 0.3) is 0 Å². The van der Waals surface area contributed by atoms with Gasteiger partial charge in [-0.15, -0.1) is 11.3 Å². The molecular weight excluding hydrogens is 270 g/mol. The molecule has 0 spiro atoms. The number of aromatic nitrogens is 1. The van der Waals surface area contributed by atoms with Crippen LogP contribution in [-0.4, -0.2) is 4.98 Å². The van der Waals surface area contributed by atoms with Crippen LogP contribution >= 0.6 is 27.3 Å². The molecule has 0 saturated carbocycles. The van der Waals surface area contributed by atoms with Crippen LogP contribution in [0.5, 0.6) is 0 Å². The molecule has 0 amide bonds. The van der Waals surface area contributed by atoms with Crippen molar-refractivity contribution in [2.24, 2.45) is 0 Å². The minimum Gasteiger partial charge on any atom is -0.261 e. The number of alkyl halides is 1. The van der Waals surface area contributed by atoms with E-state index in [-0.39, 0.29) is 0 Å². The van der Waals surface area contributed by atoms with Gasteiger partial charge in [0.1, 0.15) is 0 Å². The van der Waals surface area contributed by atoms with Crippen molar-refractivity contribution in [3.8, 4) is 0 Å². The predicted octanol–water partition coefficient (Wildman–Crippen LogP) is 4.13. The standard InChI is InChI=1S/C12H12BrNS/c1-9-4-5-10(14-8-9)7-11(13)12-3-2-6-15-12/h2-6,8,11H,7H2,1H3. The van der Waals surface area contributed by atoms with Crippen LogP contribution in [0.2, 0.25) is 0 Å². The van der Waals surface area contributed by atoms with Crippen LogP contribution in [0.4, 0.5) is 0 Å². The first-order valence-electron chi connectivity index (χ1n) is 4.85. The van der Waals surface area contributed by atoms with E-state index in [1.807, 2.05) is 6.20 Å². The fourth-order valence-corrected chi connectivity index (χ4v) is 2.88. The third-order valence-corrected chi connectivity index (χ3v) is 4.32. The lowest BCUT2D eigenvalue weighted by molar-refractivity contribution is 0.917. The first-order chi connectivity index (χ1) is 7.25. The van der Waals surface area contributed by atoms with Gasteiger partial charge < -0.3 is 0 Å². The molecule has 1 nitrogen and oxygen atoms in total. The Morgan fingerprint density at radius 2 is 2.27 bits per heavy atom. The number of thiophene rings is 1. The molecule has 0 aliphatic carbocycles. The third-order valence-electron chi connectivity index (χ3n) is 2.21. The molecule has 0 fully saturated rings. The highest BCUT2D eigenvalue weighted by Crippen LogP contribution is 2.29. The molecule has 0 bridgehead atoms. The predicted molar refractivity (Wildman–Crippen MR) is 68.7 cm³/mol. The summed E-state index contributed by atoms with van der Waals surface area (Å²) in [6.07, 6.45) is 2.87. The average molecular weight is 282 g/mol. The van der Waals surface area contributed by atoms with Crippen molar-refractivity contribution in [3.05, 3.63) is 52.0 Å². The van der Waals surface area contributed by atoms with E-state index < -0.39 is 0 Å². The third kappa shape index (κ3) is 2.89. The van der Waals surface area contributed by atoms with Crippen molar-refractivity contribution >= 4 is 27.3 Å². The molecule has 2 heterocycles. The molecule has 0 aliphatic rings. The van der Waals surface area contributed by atoms with E-state index in [4.69, 9.17) is 0 Å². The maximum Gasteiger partial charge on any atom is 0.0544 e. The molecule has 2 aromatic heterocycles. The van der Waals surface area contributed by atoms with Crippen molar-refractivity contribution in [1.82, 2.24) is 4.98 Å². The monoisotopic (exact) mass is 281 g/mol. The van der Waals surface area contributed by atoms with Crippen LogP contribution in [0.15, 0.2) is 35.8 Å². The molecule has 1 unspecified atom stereocenters. The maximum atomic E-state index is 4.40. The van der Waals surface area contributed by atoms with Crippen molar-refractivity contribution in [1.29, 1.82) is 0 Å². The molecule has 2 rings (SSSR count). The second kappa shape index (κ2) is 4.90. The van der Waals surface area contributed by atoms with Crippen LogP contribution in [0.1, 0.15) is 21.0 Å². The van der Waals surface area contributed by atoms with Crippen LogP contribution in [-0.2, 0) is 6.42 Å². The zero-order valence-electron chi connectivity index (χ0n) is 8.48. The normalized spacial score (nSPS) is 12.7. The molecular formula is C12H12BrNS. The van der Waals surface area contributed by atoms with Gasteiger partial charge in [-0.05, 0) is 30.0 Å². The van der Waals surface area contributed by atoms with Gasteiger partial charge in [-0.1, -0.05) is 28.1 Å². The minimum atomic E-state index is 0.382. The Kier molecular flexibility index (Phi) is 3.54. The molecule has 0 N–H and O–H groups in total. The highest BCUT2D eigenvalue weighted by Gasteiger charge is 2.09. The number of hydrogen-bond donors (Lipinski definition) is 0. The molecule has 0 aromatic carbocycles. The van der Waals surface area contributed by atoms with Crippen molar-refractivity contribution in [2.75, 3.05) is 0 Å². The molecule has 15 heavy (non-hydrogen) atoms. The summed E-state index contributed by atoms with van der Waals surface area (Å²) in [7, 11) is 0. The first kappa shape index (κ1) is 10.8. The van der Waals surface area contributed by atoms with Gasteiger partial charge in [-0.25, -0.2) is 0 Å². The van der Waals surface area contributed by atoms with Gasteiger partial charge in [-0.2, -0.15) is 0 Å². The van der Waals surface area contributed by atoms with Crippen molar-refractivity contribution in [3.63, 3.8) is 0 Å². The fourth-order valence-electron chi connectivity index (χ4n) is 1.37. The highest BCUT2D eigenvalue weighted by molar-refractivity contribution is 9.09. The average Bonchev–Trinajstić information content (AvgIpc) is 2.74. The van der Waals surface area contributed by atoms with Gasteiger partial charge in [-0.3, -0.25) is 4.98 Å². The maximum absolute atomic E-state index is 4.40. The summed E-state index contributed by atoms with van der Waals surface area (Å²) >= 11 is 5.47. The summed E-state index contributed by atoms with van der Waals surface area (Å²) in [5, 5.41) is 2.10. The van der Waals surface area contributed by atoms with Crippen LogP contribution in [0, 0.1) is 6.92 Å². The zero-order chi connectivity index (χ0) is 10.7.